The number of carbonyl (C=O) groups excluding carboxylic acids is 1. The predicted molar refractivity (Wildman–Crippen MR) is 70.3 cm³/mol. The minimum absolute atomic E-state index is 0.106. The highest BCUT2D eigenvalue weighted by Crippen LogP contribution is 2.18. The summed E-state index contributed by atoms with van der Waals surface area (Å²) in [6.45, 7) is 4.94. The maximum absolute atomic E-state index is 11.8. The fourth-order valence-corrected chi connectivity index (χ4v) is 1.69. The molecule has 0 heterocycles. The van der Waals surface area contributed by atoms with Crippen LogP contribution in [0.25, 0.3) is 0 Å². The maximum atomic E-state index is 11.8. The smallest absolute Gasteiger partial charge is 0.253 e. The number of carbonyl (C=O) groups is 1. The average Bonchev–Trinajstić information content (AvgIpc) is 2.16. The maximum Gasteiger partial charge on any atom is 0.253 e. The molecule has 3 nitrogen and oxygen atoms in total. The molecule has 0 aromatic heterocycles. The van der Waals surface area contributed by atoms with Crippen LogP contribution in [0.3, 0.4) is 0 Å². The number of nitrogens with one attached hydrogen (secondary N) is 1. The molecule has 0 saturated heterocycles. The summed E-state index contributed by atoms with van der Waals surface area (Å²) >= 11 is 3.31. The fourth-order valence-electron chi connectivity index (χ4n) is 1.31. The molecule has 1 rings (SSSR count). The van der Waals surface area contributed by atoms with Gasteiger partial charge in [0.05, 0.1) is 5.56 Å². The van der Waals surface area contributed by atoms with Crippen molar-refractivity contribution in [1.29, 1.82) is 0 Å². The van der Waals surface area contributed by atoms with Gasteiger partial charge in [0.2, 0.25) is 0 Å². The van der Waals surface area contributed by atoms with Crippen LogP contribution in [0.2, 0.25) is 0 Å². The third kappa shape index (κ3) is 3.85. The van der Waals surface area contributed by atoms with Gasteiger partial charge >= 0.3 is 0 Å². The first-order valence-electron chi connectivity index (χ1n) is 5.34. The molecule has 1 aromatic rings. The van der Waals surface area contributed by atoms with E-state index < -0.39 is 0 Å². The van der Waals surface area contributed by atoms with Crippen molar-refractivity contribution in [2.75, 3.05) is 12.3 Å². The van der Waals surface area contributed by atoms with Crippen molar-refractivity contribution in [3.8, 4) is 0 Å². The van der Waals surface area contributed by atoms with Crippen LogP contribution in [0, 0.1) is 5.92 Å². The van der Waals surface area contributed by atoms with E-state index in [-0.39, 0.29) is 5.91 Å². The molecule has 0 spiro atoms. The molecule has 4 heteroatoms. The van der Waals surface area contributed by atoms with E-state index in [1.165, 1.54) is 0 Å². The lowest BCUT2D eigenvalue weighted by atomic mass is 10.1. The second kappa shape index (κ2) is 5.89. The first-order valence-corrected chi connectivity index (χ1v) is 6.13. The van der Waals surface area contributed by atoms with Crippen LogP contribution in [0.4, 0.5) is 5.69 Å². The Balaban J connectivity index is 2.59. The standard InChI is InChI=1S/C12H17BrN2O/c1-8(2)5-6-15-12(16)10-4-3-9(13)7-11(10)14/h3-4,7-8H,5-6,14H2,1-2H3,(H,15,16). The third-order valence-electron chi connectivity index (χ3n) is 2.27. The number of rotatable bonds is 4. The monoisotopic (exact) mass is 284 g/mol. The number of benzene rings is 1. The zero-order valence-electron chi connectivity index (χ0n) is 9.59. The highest BCUT2D eigenvalue weighted by Gasteiger charge is 2.09. The molecule has 0 aliphatic carbocycles. The molecule has 16 heavy (non-hydrogen) atoms. The topological polar surface area (TPSA) is 55.1 Å². The van der Waals surface area contributed by atoms with Crippen molar-refractivity contribution < 1.29 is 4.79 Å². The molecule has 3 N–H and O–H groups in total. The summed E-state index contributed by atoms with van der Waals surface area (Å²) in [7, 11) is 0. The number of nitrogen functional groups attached to an aromatic ring is 1. The van der Waals surface area contributed by atoms with Gasteiger partial charge in [-0.15, -0.1) is 0 Å². The zero-order chi connectivity index (χ0) is 12.1. The molecule has 0 unspecified atom stereocenters. The van der Waals surface area contributed by atoms with Crippen molar-refractivity contribution in [3.05, 3.63) is 28.2 Å². The molecular formula is C12H17BrN2O. The first-order chi connectivity index (χ1) is 7.50. The van der Waals surface area contributed by atoms with Gasteiger partial charge in [-0.3, -0.25) is 4.79 Å². The number of hydrogen-bond donors (Lipinski definition) is 2. The Morgan fingerprint density at radius 3 is 2.75 bits per heavy atom. The van der Waals surface area contributed by atoms with Gasteiger partial charge in [-0.05, 0) is 30.5 Å². The Morgan fingerprint density at radius 1 is 1.50 bits per heavy atom. The second-order valence-electron chi connectivity index (χ2n) is 4.17. The summed E-state index contributed by atoms with van der Waals surface area (Å²) in [6.07, 6.45) is 0.974. The highest BCUT2D eigenvalue weighted by atomic mass is 79.9. The molecule has 0 atom stereocenters. The van der Waals surface area contributed by atoms with E-state index in [9.17, 15) is 4.79 Å². The number of amides is 1. The number of nitrogens with two attached hydrogens (primary N) is 1. The van der Waals surface area contributed by atoms with E-state index in [0.717, 1.165) is 10.9 Å². The van der Waals surface area contributed by atoms with E-state index in [2.05, 4.69) is 35.1 Å². The summed E-state index contributed by atoms with van der Waals surface area (Å²) in [4.78, 5) is 11.8. The number of halogens is 1. The van der Waals surface area contributed by atoms with Crippen LogP contribution in [-0.2, 0) is 0 Å². The summed E-state index contributed by atoms with van der Waals surface area (Å²) in [6, 6.07) is 5.27. The number of hydrogen-bond acceptors (Lipinski definition) is 2. The van der Waals surface area contributed by atoms with Crippen molar-refractivity contribution in [2.24, 2.45) is 5.92 Å². The van der Waals surface area contributed by atoms with Crippen LogP contribution >= 0.6 is 15.9 Å². The van der Waals surface area contributed by atoms with Crippen LogP contribution in [0.1, 0.15) is 30.6 Å². The lowest BCUT2D eigenvalue weighted by Gasteiger charge is -2.09. The Bertz CT molecular complexity index is 377. The third-order valence-corrected chi connectivity index (χ3v) is 2.76. The van der Waals surface area contributed by atoms with Gasteiger partial charge < -0.3 is 11.1 Å². The minimum Gasteiger partial charge on any atom is -0.398 e. The second-order valence-corrected chi connectivity index (χ2v) is 5.09. The fraction of sp³-hybridized carbons (Fsp3) is 0.417. The molecule has 88 valence electrons. The van der Waals surface area contributed by atoms with E-state index in [1.54, 1.807) is 12.1 Å². The van der Waals surface area contributed by atoms with Gasteiger partial charge in [-0.2, -0.15) is 0 Å². The van der Waals surface area contributed by atoms with Crippen molar-refractivity contribution in [2.45, 2.75) is 20.3 Å². The lowest BCUT2D eigenvalue weighted by molar-refractivity contribution is 0.0953. The van der Waals surface area contributed by atoms with Gasteiger partial charge in [0.15, 0.2) is 0 Å². The van der Waals surface area contributed by atoms with E-state index in [4.69, 9.17) is 5.73 Å². The average molecular weight is 285 g/mol. The molecule has 0 saturated carbocycles. The molecule has 0 aliphatic rings. The quantitative estimate of drug-likeness (QED) is 0.836. The van der Waals surface area contributed by atoms with Crippen molar-refractivity contribution >= 4 is 27.5 Å². The van der Waals surface area contributed by atoms with E-state index in [0.29, 0.717) is 23.7 Å². The Morgan fingerprint density at radius 2 is 2.19 bits per heavy atom. The predicted octanol–water partition coefficient (Wildman–Crippen LogP) is 2.81. The SMILES string of the molecule is CC(C)CCNC(=O)c1ccc(Br)cc1N. The van der Waals surface area contributed by atoms with Gasteiger partial charge in [0.1, 0.15) is 0 Å². The Labute approximate surface area is 105 Å². The Kier molecular flexibility index (Phi) is 4.80. The molecule has 0 radical (unpaired) electrons. The van der Waals surface area contributed by atoms with Crippen LogP contribution < -0.4 is 11.1 Å². The highest BCUT2D eigenvalue weighted by molar-refractivity contribution is 9.10. The largest absolute Gasteiger partial charge is 0.398 e. The van der Waals surface area contributed by atoms with Crippen LogP contribution in [0.15, 0.2) is 22.7 Å². The van der Waals surface area contributed by atoms with Crippen LogP contribution in [0.5, 0.6) is 0 Å². The normalized spacial score (nSPS) is 10.5. The van der Waals surface area contributed by atoms with Gasteiger partial charge in [0, 0.05) is 16.7 Å². The number of anilines is 1. The van der Waals surface area contributed by atoms with E-state index >= 15 is 0 Å². The summed E-state index contributed by atoms with van der Waals surface area (Å²) in [5.41, 5.74) is 6.79. The summed E-state index contributed by atoms with van der Waals surface area (Å²) < 4.78 is 0.878. The molecule has 0 aliphatic heterocycles. The molecule has 0 fully saturated rings. The summed E-state index contributed by atoms with van der Waals surface area (Å²) in [5, 5.41) is 2.86. The minimum atomic E-state index is -0.106. The molecular weight excluding hydrogens is 268 g/mol. The summed E-state index contributed by atoms with van der Waals surface area (Å²) in [5.74, 6) is 0.480. The van der Waals surface area contributed by atoms with Gasteiger partial charge in [0.25, 0.3) is 5.91 Å². The molecule has 1 amide bonds. The van der Waals surface area contributed by atoms with Gasteiger partial charge in [-0.1, -0.05) is 29.8 Å². The van der Waals surface area contributed by atoms with Gasteiger partial charge in [-0.25, -0.2) is 0 Å². The first kappa shape index (κ1) is 13.0. The van der Waals surface area contributed by atoms with Crippen molar-refractivity contribution in [3.63, 3.8) is 0 Å². The van der Waals surface area contributed by atoms with E-state index in [1.807, 2.05) is 6.07 Å². The Hall–Kier alpha value is -1.03. The van der Waals surface area contributed by atoms with Crippen LogP contribution in [-0.4, -0.2) is 12.5 Å². The molecule has 1 aromatic carbocycles. The van der Waals surface area contributed by atoms with Crippen molar-refractivity contribution in [1.82, 2.24) is 5.32 Å². The lowest BCUT2D eigenvalue weighted by Crippen LogP contribution is -2.26. The zero-order valence-corrected chi connectivity index (χ0v) is 11.2. The molecule has 0 bridgehead atoms.